The molecule has 0 saturated carbocycles. The summed E-state index contributed by atoms with van der Waals surface area (Å²) in [4.78, 5) is 11.9. The van der Waals surface area contributed by atoms with Gasteiger partial charge in [0.1, 0.15) is 11.3 Å². The van der Waals surface area contributed by atoms with Crippen LogP contribution in [0.25, 0.3) is 11.0 Å². The van der Waals surface area contributed by atoms with Crippen LogP contribution >= 0.6 is 0 Å². The number of esters is 1. The molecular weight excluding hydrogens is 282 g/mol. The van der Waals surface area contributed by atoms with Gasteiger partial charge in [0.05, 0.1) is 12.9 Å². The fourth-order valence-electron chi connectivity index (χ4n) is 1.85. The number of fused-ring (bicyclic) bond motifs is 1. The van der Waals surface area contributed by atoms with Gasteiger partial charge in [-0.3, -0.25) is 4.31 Å². The van der Waals surface area contributed by atoms with Gasteiger partial charge in [-0.05, 0) is 19.1 Å². The Morgan fingerprint density at radius 3 is 2.60 bits per heavy atom. The van der Waals surface area contributed by atoms with Gasteiger partial charge in [-0.15, -0.1) is 0 Å². The van der Waals surface area contributed by atoms with Crippen LogP contribution in [0, 0.1) is 0 Å². The van der Waals surface area contributed by atoms with Gasteiger partial charge < -0.3 is 9.15 Å². The van der Waals surface area contributed by atoms with Crippen LogP contribution in [0.2, 0.25) is 0 Å². The van der Waals surface area contributed by atoms with E-state index in [1.165, 1.54) is 7.05 Å². The molecule has 0 saturated heterocycles. The first-order valence-corrected chi connectivity index (χ1v) is 7.83. The van der Waals surface area contributed by atoms with Crippen LogP contribution in [-0.2, 0) is 14.8 Å². The molecule has 6 nitrogen and oxygen atoms in total. The quantitative estimate of drug-likeness (QED) is 0.807. The summed E-state index contributed by atoms with van der Waals surface area (Å²) < 4.78 is 34.9. The van der Waals surface area contributed by atoms with Crippen LogP contribution in [0.15, 0.2) is 28.7 Å². The standard InChI is InChI=1S/C13H15NO5S/c1-4-18-13(15)12-11(14(2)20(3,16)17)9-7-5-6-8-10(9)19-12/h5-8H,4H2,1-3H3. The molecule has 2 aromatic rings. The van der Waals surface area contributed by atoms with E-state index in [-0.39, 0.29) is 18.1 Å². The fraction of sp³-hybridized carbons (Fsp3) is 0.308. The largest absolute Gasteiger partial charge is 0.460 e. The molecular formula is C13H15NO5S. The maximum atomic E-state index is 11.9. The monoisotopic (exact) mass is 297 g/mol. The maximum Gasteiger partial charge on any atom is 0.376 e. The van der Waals surface area contributed by atoms with Crippen LogP contribution < -0.4 is 4.31 Å². The molecule has 0 radical (unpaired) electrons. The predicted octanol–water partition coefficient (Wildman–Crippen LogP) is 2.01. The van der Waals surface area contributed by atoms with Crippen molar-refractivity contribution in [3.63, 3.8) is 0 Å². The van der Waals surface area contributed by atoms with E-state index in [0.29, 0.717) is 11.0 Å². The van der Waals surface area contributed by atoms with E-state index in [1.807, 2.05) is 0 Å². The Balaban J connectivity index is 2.71. The van der Waals surface area contributed by atoms with Crippen molar-refractivity contribution in [3.05, 3.63) is 30.0 Å². The summed E-state index contributed by atoms with van der Waals surface area (Å²) >= 11 is 0. The van der Waals surface area contributed by atoms with Crippen molar-refractivity contribution < 1.29 is 22.4 Å². The average molecular weight is 297 g/mol. The Morgan fingerprint density at radius 2 is 2.00 bits per heavy atom. The van der Waals surface area contributed by atoms with E-state index in [2.05, 4.69) is 0 Å². The lowest BCUT2D eigenvalue weighted by Gasteiger charge is -2.16. The number of furan rings is 1. The number of ether oxygens (including phenoxy) is 1. The third kappa shape index (κ3) is 2.49. The third-order valence-electron chi connectivity index (χ3n) is 2.84. The highest BCUT2D eigenvalue weighted by Crippen LogP contribution is 2.34. The lowest BCUT2D eigenvalue weighted by atomic mass is 10.2. The molecule has 0 aliphatic carbocycles. The topological polar surface area (TPSA) is 76.8 Å². The van der Waals surface area contributed by atoms with E-state index in [4.69, 9.17) is 9.15 Å². The van der Waals surface area contributed by atoms with E-state index < -0.39 is 16.0 Å². The van der Waals surface area contributed by atoms with Crippen LogP contribution in [0.3, 0.4) is 0 Å². The highest BCUT2D eigenvalue weighted by Gasteiger charge is 2.27. The molecule has 20 heavy (non-hydrogen) atoms. The average Bonchev–Trinajstić information content (AvgIpc) is 2.76. The van der Waals surface area contributed by atoms with Crippen molar-refractivity contribution in [2.75, 3.05) is 24.2 Å². The van der Waals surface area contributed by atoms with Gasteiger partial charge in [-0.2, -0.15) is 0 Å². The molecule has 0 aliphatic heterocycles. The van der Waals surface area contributed by atoms with Gasteiger partial charge >= 0.3 is 5.97 Å². The van der Waals surface area contributed by atoms with Gasteiger partial charge in [0.2, 0.25) is 15.8 Å². The summed E-state index contributed by atoms with van der Waals surface area (Å²) in [5.41, 5.74) is 0.627. The van der Waals surface area contributed by atoms with Crippen molar-refractivity contribution >= 4 is 32.6 Å². The molecule has 1 aromatic carbocycles. The van der Waals surface area contributed by atoms with Gasteiger partial charge in [0.15, 0.2) is 0 Å². The molecule has 0 fully saturated rings. The fourth-order valence-corrected chi connectivity index (χ4v) is 2.36. The van der Waals surface area contributed by atoms with Gasteiger partial charge in [0.25, 0.3) is 0 Å². The highest BCUT2D eigenvalue weighted by atomic mass is 32.2. The Morgan fingerprint density at radius 1 is 1.35 bits per heavy atom. The van der Waals surface area contributed by atoms with E-state index in [0.717, 1.165) is 10.6 Å². The lowest BCUT2D eigenvalue weighted by molar-refractivity contribution is 0.0494. The lowest BCUT2D eigenvalue weighted by Crippen LogP contribution is -2.26. The van der Waals surface area contributed by atoms with Crippen molar-refractivity contribution in [2.24, 2.45) is 0 Å². The van der Waals surface area contributed by atoms with Crippen LogP contribution in [0.4, 0.5) is 5.69 Å². The molecule has 0 N–H and O–H groups in total. The minimum atomic E-state index is -3.52. The molecule has 0 atom stereocenters. The van der Waals surface area contributed by atoms with Crippen LogP contribution in [-0.4, -0.2) is 34.3 Å². The number of para-hydroxylation sites is 1. The maximum absolute atomic E-state index is 11.9. The second-order valence-corrected chi connectivity index (χ2v) is 6.24. The SMILES string of the molecule is CCOC(=O)c1oc2ccccc2c1N(C)S(C)(=O)=O. The molecule has 0 amide bonds. The first-order chi connectivity index (χ1) is 9.36. The minimum Gasteiger partial charge on any atom is -0.460 e. The number of carbonyl (C=O) groups is 1. The zero-order valence-corrected chi connectivity index (χ0v) is 12.2. The zero-order chi connectivity index (χ0) is 14.9. The van der Waals surface area contributed by atoms with E-state index in [9.17, 15) is 13.2 Å². The zero-order valence-electron chi connectivity index (χ0n) is 11.4. The number of anilines is 1. The van der Waals surface area contributed by atoms with Crippen molar-refractivity contribution in [1.29, 1.82) is 0 Å². The molecule has 0 unspecified atom stereocenters. The Bertz CT molecular complexity index is 747. The molecule has 1 heterocycles. The smallest absolute Gasteiger partial charge is 0.376 e. The third-order valence-corrected chi connectivity index (χ3v) is 4.02. The first kappa shape index (κ1) is 14.4. The number of sulfonamides is 1. The summed E-state index contributed by atoms with van der Waals surface area (Å²) in [5.74, 6) is -0.796. The van der Waals surface area contributed by atoms with Crippen LogP contribution in [0.5, 0.6) is 0 Å². The molecule has 0 aliphatic rings. The first-order valence-electron chi connectivity index (χ1n) is 5.98. The van der Waals surface area contributed by atoms with Crippen LogP contribution in [0.1, 0.15) is 17.5 Å². The summed E-state index contributed by atoms with van der Waals surface area (Å²) in [6.45, 7) is 1.85. The van der Waals surface area contributed by atoms with Gasteiger partial charge in [0, 0.05) is 12.4 Å². The second kappa shape index (κ2) is 5.16. The Kier molecular flexibility index (Phi) is 3.71. The number of hydrogen-bond acceptors (Lipinski definition) is 5. The van der Waals surface area contributed by atoms with E-state index >= 15 is 0 Å². The second-order valence-electron chi connectivity index (χ2n) is 4.23. The number of carbonyl (C=O) groups excluding carboxylic acids is 1. The summed E-state index contributed by atoms with van der Waals surface area (Å²) in [5, 5.41) is 0.545. The molecule has 0 bridgehead atoms. The molecule has 108 valence electrons. The summed E-state index contributed by atoms with van der Waals surface area (Å²) in [6.07, 6.45) is 1.06. The Labute approximate surface area is 117 Å². The van der Waals surface area contributed by atoms with Crippen molar-refractivity contribution in [3.8, 4) is 0 Å². The summed E-state index contributed by atoms with van der Waals surface area (Å²) in [6, 6.07) is 6.84. The van der Waals surface area contributed by atoms with Gasteiger partial charge in [-0.25, -0.2) is 13.2 Å². The molecule has 0 spiro atoms. The number of nitrogens with zero attached hydrogens (tertiary/aromatic N) is 1. The van der Waals surface area contributed by atoms with E-state index in [1.54, 1.807) is 31.2 Å². The normalized spacial score (nSPS) is 11.6. The highest BCUT2D eigenvalue weighted by molar-refractivity contribution is 7.92. The predicted molar refractivity (Wildman–Crippen MR) is 75.4 cm³/mol. The summed E-state index contributed by atoms with van der Waals surface area (Å²) in [7, 11) is -2.15. The molecule has 2 rings (SSSR count). The minimum absolute atomic E-state index is 0.110. The molecule has 1 aromatic heterocycles. The number of benzene rings is 1. The number of hydrogen-bond donors (Lipinski definition) is 0. The Hall–Kier alpha value is -2.02. The van der Waals surface area contributed by atoms with Crippen molar-refractivity contribution in [2.45, 2.75) is 6.92 Å². The van der Waals surface area contributed by atoms with Crippen molar-refractivity contribution in [1.82, 2.24) is 0 Å². The van der Waals surface area contributed by atoms with Gasteiger partial charge in [-0.1, -0.05) is 12.1 Å². The molecule has 7 heteroatoms. The number of rotatable bonds is 4.